The molecule has 3 aromatic rings. The molecule has 2 aromatic carbocycles. The summed E-state index contributed by atoms with van der Waals surface area (Å²) in [4.78, 5) is 25.1. The van der Waals surface area contributed by atoms with Crippen LogP contribution in [0.1, 0.15) is 30.6 Å². The molecule has 156 valence electrons. The second-order valence-corrected chi connectivity index (χ2v) is 6.71. The minimum absolute atomic E-state index is 0.249. The summed E-state index contributed by atoms with van der Waals surface area (Å²) < 4.78 is 12.5. The number of esters is 1. The number of benzene rings is 2. The highest BCUT2D eigenvalue weighted by Gasteiger charge is 2.25. The number of carbonyl (C=O) groups excluding carboxylic acids is 2. The lowest BCUT2D eigenvalue weighted by Crippen LogP contribution is -2.36. The third-order valence-electron chi connectivity index (χ3n) is 4.52. The second kappa shape index (κ2) is 9.73. The maximum atomic E-state index is 13.0. The molecule has 1 atom stereocenters. The van der Waals surface area contributed by atoms with E-state index in [4.69, 9.17) is 9.47 Å². The van der Waals surface area contributed by atoms with Crippen LogP contribution in [0.3, 0.4) is 0 Å². The molecule has 1 heterocycles. The van der Waals surface area contributed by atoms with Crippen LogP contribution in [0.5, 0.6) is 5.75 Å². The summed E-state index contributed by atoms with van der Waals surface area (Å²) in [6, 6.07) is 16.8. The first kappa shape index (κ1) is 21.1. The van der Waals surface area contributed by atoms with Gasteiger partial charge in [-0.3, -0.25) is 4.79 Å². The van der Waals surface area contributed by atoms with Crippen molar-refractivity contribution in [1.82, 2.24) is 15.1 Å². The molecule has 0 unspecified atom stereocenters. The van der Waals surface area contributed by atoms with Crippen LogP contribution in [0.15, 0.2) is 60.8 Å². The van der Waals surface area contributed by atoms with E-state index in [9.17, 15) is 9.59 Å². The number of methoxy groups -OCH3 is 1. The van der Waals surface area contributed by atoms with E-state index in [0.717, 1.165) is 12.1 Å². The van der Waals surface area contributed by atoms with Gasteiger partial charge in [-0.05, 0) is 37.6 Å². The first-order valence-electron chi connectivity index (χ1n) is 9.82. The molecule has 1 N–H and O–H groups in total. The third-order valence-corrected chi connectivity index (χ3v) is 4.52. The summed E-state index contributed by atoms with van der Waals surface area (Å²) >= 11 is 0. The van der Waals surface area contributed by atoms with E-state index < -0.39 is 12.1 Å². The molecule has 7 heteroatoms. The van der Waals surface area contributed by atoms with Crippen molar-refractivity contribution in [2.75, 3.05) is 13.7 Å². The van der Waals surface area contributed by atoms with Crippen LogP contribution in [0.4, 0.5) is 0 Å². The zero-order valence-electron chi connectivity index (χ0n) is 17.3. The molecular formula is C23H25N3O4. The molecule has 30 heavy (non-hydrogen) atoms. The molecule has 0 aliphatic rings. The fourth-order valence-electron chi connectivity index (χ4n) is 2.94. The van der Waals surface area contributed by atoms with Gasteiger partial charge in [-0.15, -0.1) is 0 Å². The lowest BCUT2D eigenvalue weighted by atomic mass is 10.1. The zero-order chi connectivity index (χ0) is 21.5. The van der Waals surface area contributed by atoms with E-state index in [2.05, 4.69) is 10.4 Å². The average molecular weight is 407 g/mol. The summed E-state index contributed by atoms with van der Waals surface area (Å²) in [6.07, 6.45) is 1.49. The van der Waals surface area contributed by atoms with Gasteiger partial charge in [0.1, 0.15) is 17.0 Å². The number of hydrogen-bond acceptors (Lipinski definition) is 5. The third kappa shape index (κ3) is 4.68. The molecule has 0 radical (unpaired) electrons. The van der Waals surface area contributed by atoms with Crippen molar-refractivity contribution in [3.63, 3.8) is 0 Å². The van der Waals surface area contributed by atoms with E-state index in [1.807, 2.05) is 55.5 Å². The van der Waals surface area contributed by atoms with Crippen LogP contribution in [0.25, 0.3) is 16.9 Å². The molecule has 3 rings (SSSR count). The van der Waals surface area contributed by atoms with E-state index in [0.29, 0.717) is 23.6 Å². The Morgan fingerprint density at radius 1 is 1.10 bits per heavy atom. The predicted molar refractivity (Wildman–Crippen MR) is 114 cm³/mol. The van der Waals surface area contributed by atoms with Crippen LogP contribution in [0.2, 0.25) is 0 Å². The van der Waals surface area contributed by atoms with Gasteiger partial charge in [-0.25, -0.2) is 9.48 Å². The van der Waals surface area contributed by atoms with Gasteiger partial charge in [0.15, 0.2) is 6.10 Å². The lowest BCUT2D eigenvalue weighted by Gasteiger charge is -2.13. The summed E-state index contributed by atoms with van der Waals surface area (Å²) in [6.45, 7) is 4.03. The number of carbonyl (C=O) groups is 2. The molecule has 0 aliphatic carbocycles. The van der Waals surface area contributed by atoms with Gasteiger partial charge < -0.3 is 14.8 Å². The van der Waals surface area contributed by atoms with Crippen molar-refractivity contribution in [3.8, 4) is 22.7 Å². The van der Waals surface area contributed by atoms with Crippen molar-refractivity contribution >= 4 is 11.9 Å². The first-order valence-corrected chi connectivity index (χ1v) is 9.82. The number of rotatable bonds is 8. The molecule has 7 nitrogen and oxygen atoms in total. The number of ether oxygens (including phenoxy) is 2. The smallest absolute Gasteiger partial charge is 0.342 e. The Bertz CT molecular complexity index is 1010. The number of hydrogen-bond donors (Lipinski definition) is 1. The van der Waals surface area contributed by atoms with Gasteiger partial charge in [0.05, 0.1) is 12.8 Å². The summed E-state index contributed by atoms with van der Waals surface area (Å²) in [5.74, 6) is -0.379. The largest absolute Gasteiger partial charge is 0.496 e. The minimum Gasteiger partial charge on any atom is -0.496 e. The Morgan fingerprint density at radius 3 is 2.50 bits per heavy atom. The first-order chi connectivity index (χ1) is 14.5. The normalized spacial score (nSPS) is 11.6. The molecule has 0 saturated heterocycles. The zero-order valence-corrected chi connectivity index (χ0v) is 17.3. The van der Waals surface area contributed by atoms with Gasteiger partial charge >= 0.3 is 5.97 Å². The second-order valence-electron chi connectivity index (χ2n) is 6.71. The quantitative estimate of drug-likeness (QED) is 0.577. The molecule has 1 amide bonds. The summed E-state index contributed by atoms with van der Waals surface area (Å²) in [7, 11) is 1.56. The number of aromatic nitrogens is 2. The number of para-hydroxylation sites is 2. The minimum atomic E-state index is -0.922. The van der Waals surface area contributed by atoms with Gasteiger partial charge in [0, 0.05) is 18.3 Å². The van der Waals surface area contributed by atoms with Gasteiger partial charge in [-0.1, -0.05) is 37.3 Å². The number of nitrogens with zero attached hydrogens (tertiary/aromatic N) is 2. The van der Waals surface area contributed by atoms with Gasteiger partial charge in [-0.2, -0.15) is 5.10 Å². The van der Waals surface area contributed by atoms with Crippen LogP contribution in [-0.2, 0) is 9.53 Å². The Hall–Kier alpha value is -3.61. The monoisotopic (exact) mass is 407 g/mol. The summed E-state index contributed by atoms with van der Waals surface area (Å²) in [5.41, 5.74) is 2.12. The van der Waals surface area contributed by atoms with E-state index in [1.165, 1.54) is 0 Å². The molecule has 0 bridgehead atoms. The Morgan fingerprint density at radius 2 is 1.80 bits per heavy atom. The van der Waals surface area contributed by atoms with Crippen molar-refractivity contribution in [3.05, 3.63) is 66.4 Å². The van der Waals surface area contributed by atoms with Crippen LogP contribution in [0, 0.1) is 0 Å². The van der Waals surface area contributed by atoms with E-state index in [1.54, 1.807) is 31.0 Å². The van der Waals surface area contributed by atoms with Gasteiger partial charge in [0.2, 0.25) is 0 Å². The highest BCUT2D eigenvalue weighted by molar-refractivity contribution is 5.98. The average Bonchev–Trinajstić information content (AvgIpc) is 3.23. The molecule has 0 aliphatic heterocycles. The van der Waals surface area contributed by atoms with Gasteiger partial charge in [0.25, 0.3) is 5.91 Å². The fraction of sp³-hybridized carbons (Fsp3) is 0.261. The van der Waals surface area contributed by atoms with Crippen LogP contribution >= 0.6 is 0 Å². The lowest BCUT2D eigenvalue weighted by molar-refractivity contribution is -0.129. The van der Waals surface area contributed by atoms with Crippen LogP contribution < -0.4 is 10.1 Å². The predicted octanol–water partition coefficient (Wildman–Crippen LogP) is 3.62. The topological polar surface area (TPSA) is 82.5 Å². The molecule has 0 spiro atoms. The maximum Gasteiger partial charge on any atom is 0.342 e. The highest BCUT2D eigenvalue weighted by Crippen LogP contribution is 2.32. The standard InChI is InChI=1S/C23H25N3O4/c1-4-14-24-22(27)16(2)30-23(28)19-15-26(17-10-6-5-7-11-17)25-21(19)18-12-8-9-13-20(18)29-3/h5-13,15-16H,4,14H2,1-3H3,(H,24,27)/t16-/m1/s1. The Kier molecular flexibility index (Phi) is 6.85. The van der Waals surface area contributed by atoms with Crippen molar-refractivity contribution in [2.45, 2.75) is 26.4 Å². The van der Waals surface area contributed by atoms with Crippen LogP contribution in [-0.4, -0.2) is 41.4 Å². The van der Waals surface area contributed by atoms with Crippen molar-refractivity contribution < 1.29 is 19.1 Å². The highest BCUT2D eigenvalue weighted by atomic mass is 16.5. The van der Waals surface area contributed by atoms with Crippen molar-refractivity contribution in [1.29, 1.82) is 0 Å². The number of nitrogens with one attached hydrogen (secondary N) is 1. The van der Waals surface area contributed by atoms with E-state index >= 15 is 0 Å². The SMILES string of the molecule is CCCNC(=O)[C@@H](C)OC(=O)c1cn(-c2ccccc2)nc1-c1ccccc1OC. The fourth-order valence-corrected chi connectivity index (χ4v) is 2.94. The number of amides is 1. The maximum absolute atomic E-state index is 13.0. The Labute approximate surface area is 175 Å². The van der Waals surface area contributed by atoms with E-state index in [-0.39, 0.29) is 11.5 Å². The molecule has 0 fully saturated rings. The van der Waals surface area contributed by atoms with Crippen molar-refractivity contribution in [2.24, 2.45) is 0 Å². The molecule has 1 aromatic heterocycles. The summed E-state index contributed by atoms with van der Waals surface area (Å²) in [5, 5.41) is 7.34. The Balaban J connectivity index is 1.98. The molecular weight excluding hydrogens is 382 g/mol. The molecule has 0 saturated carbocycles.